The molecule has 4 N–H and O–H groups in total. The van der Waals surface area contributed by atoms with Crippen molar-refractivity contribution in [3.8, 4) is 5.75 Å². The number of hydrogen-bond donors (Lipinski definition) is 4. The third-order valence-corrected chi connectivity index (χ3v) is 8.60. The molecule has 2 fully saturated rings. The second kappa shape index (κ2) is 11.8. The topological polar surface area (TPSA) is 114 Å². The van der Waals surface area contributed by atoms with Gasteiger partial charge in [0.15, 0.2) is 5.82 Å². The van der Waals surface area contributed by atoms with Crippen LogP contribution in [0.3, 0.4) is 0 Å². The first-order valence-corrected chi connectivity index (χ1v) is 14.8. The third-order valence-electron chi connectivity index (χ3n) is 7.88. The van der Waals surface area contributed by atoms with Gasteiger partial charge in [-0.1, -0.05) is 0 Å². The van der Waals surface area contributed by atoms with E-state index in [1.165, 1.54) is 17.8 Å². The minimum atomic E-state index is -3.03. The Kier molecular flexibility index (Phi) is 7.97. The summed E-state index contributed by atoms with van der Waals surface area (Å²) < 4.78 is 31.6. The maximum Gasteiger partial charge on any atom is 0.387 e. The monoisotopic (exact) mass is 586 g/mol. The lowest BCUT2D eigenvalue weighted by atomic mass is 9.94. The van der Waals surface area contributed by atoms with Crippen LogP contribution in [0, 0.1) is 5.92 Å². The molecule has 11 nitrogen and oxygen atoms in total. The molecule has 0 aromatic heterocycles. The highest BCUT2D eigenvalue weighted by atomic mass is 32.2. The van der Waals surface area contributed by atoms with Crippen LogP contribution in [-0.2, 0) is 9.59 Å². The fourth-order valence-corrected chi connectivity index (χ4v) is 6.33. The smallest absolute Gasteiger partial charge is 0.387 e. The maximum atomic E-state index is 13.4. The molecule has 3 atom stereocenters. The summed E-state index contributed by atoms with van der Waals surface area (Å²) in [6.45, 7) is -0.411. The van der Waals surface area contributed by atoms with Crippen molar-refractivity contribution < 1.29 is 23.1 Å². The van der Waals surface area contributed by atoms with Gasteiger partial charge in [-0.2, -0.15) is 8.78 Å². The average molecular weight is 587 g/mol. The van der Waals surface area contributed by atoms with E-state index in [0.29, 0.717) is 47.7 Å². The van der Waals surface area contributed by atoms with Gasteiger partial charge < -0.3 is 25.3 Å². The Hall–Kier alpha value is -3.46. The van der Waals surface area contributed by atoms with Crippen LogP contribution in [0.1, 0.15) is 24.4 Å². The Balaban J connectivity index is 1.26. The normalized spacial score (nSPS) is 25.1. The van der Waals surface area contributed by atoms with E-state index < -0.39 is 12.7 Å². The van der Waals surface area contributed by atoms with Crippen molar-refractivity contribution >= 4 is 29.8 Å². The molecule has 218 valence electrons. The number of aliphatic imine (C=N–C) groups is 1. The number of ether oxygens (including phenoxy) is 1. The van der Waals surface area contributed by atoms with Gasteiger partial charge in [0.05, 0.1) is 17.3 Å². The quantitative estimate of drug-likeness (QED) is 0.338. The molecule has 5 aliphatic heterocycles. The predicted octanol–water partition coefficient (Wildman–Crippen LogP) is 1.67. The number of piperidine rings is 1. The maximum absolute atomic E-state index is 13.4. The number of hydrogen-bond acceptors (Lipinski definition) is 10. The van der Waals surface area contributed by atoms with Gasteiger partial charge in [-0.25, -0.2) is 15.8 Å². The highest BCUT2D eigenvalue weighted by Crippen LogP contribution is 2.36. The van der Waals surface area contributed by atoms with E-state index in [9.17, 15) is 18.4 Å². The van der Waals surface area contributed by atoms with Crippen molar-refractivity contribution in [1.29, 1.82) is 0 Å². The van der Waals surface area contributed by atoms with Crippen LogP contribution in [0.4, 0.5) is 8.78 Å². The molecule has 2 amide bonds. The number of allylic oxidation sites excluding steroid dienone is 1. The van der Waals surface area contributed by atoms with Crippen molar-refractivity contribution in [2.75, 3.05) is 39.0 Å². The number of halogens is 2. The zero-order valence-corrected chi connectivity index (χ0v) is 23.3. The molecule has 2 saturated heterocycles. The van der Waals surface area contributed by atoms with E-state index in [1.807, 2.05) is 11.2 Å². The largest absolute Gasteiger partial charge is 0.434 e. The zero-order chi connectivity index (χ0) is 28.5. The lowest BCUT2D eigenvalue weighted by Gasteiger charge is -2.24. The van der Waals surface area contributed by atoms with Gasteiger partial charge in [0.1, 0.15) is 12.3 Å². The van der Waals surface area contributed by atoms with Crippen molar-refractivity contribution in [1.82, 2.24) is 36.4 Å². The van der Waals surface area contributed by atoms with Crippen LogP contribution in [0.5, 0.6) is 5.75 Å². The Morgan fingerprint density at radius 1 is 1.29 bits per heavy atom. The first-order chi connectivity index (χ1) is 19.9. The molecule has 0 saturated carbocycles. The SMILES string of the molecule is CSc1ccc(OC(F)F)c(C2NN(CC(=O)N3CC4CCCNC4C3)C=C2NC(=O)C2=C3N=CC=CN3NC2)c1. The fraction of sp³-hybridized carbons (Fsp3) is 0.444. The summed E-state index contributed by atoms with van der Waals surface area (Å²) in [5, 5.41) is 9.72. The van der Waals surface area contributed by atoms with Gasteiger partial charge in [-0.05, 0) is 55.8 Å². The Morgan fingerprint density at radius 2 is 2.17 bits per heavy atom. The summed E-state index contributed by atoms with van der Waals surface area (Å²) in [5.41, 5.74) is 7.56. The highest BCUT2D eigenvalue weighted by Gasteiger charge is 2.38. The zero-order valence-electron chi connectivity index (χ0n) is 22.5. The van der Waals surface area contributed by atoms with E-state index in [0.717, 1.165) is 24.3 Å². The van der Waals surface area contributed by atoms with E-state index in [1.54, 1.807) is 46.8 Å². The number of hydrazine groups is 2. The molecule has 3 unspecified atom stereocenters. The molecule has 41 heavy (non-hydrogen) atoms. The van der Waals surface area contributed by atoms with E-state index in [4.69, 9.17) is 4.74 Å². The van der Waals surface area contributed by atoms with Gasteiger partial charge in [0.2, 0.25) is 5.91 Å². The molecule has 14 heteroatoms. The summed E-state index contributed by atoms with van der Waals surface area (Å²) in [6.07, 6.45) is 10.9. The minimum Gasteiger partial charge on any atom is -0.434 e. The summed E-state index contributed by atoms with van der Waals surface area (Å²) in [5.74, 6) is 0.473. The van der Waals surface area contributed by atoms with E-state index in [-0.39, 0.29) is 30.7 Å². The lowest BCUT2D eigenvalue weighted by Crippen LogP contribution is -2.43. The fourth-order valence-electron chi connectivity index (χ4n) is 5.88. The molecule has 1 aromatic carbocycles. The standard InChI is InChI=1S/C27H32F2N8O3S/c1-41-17-5-6-22(40-27(28)29)18(10-17)24-21(33-26(39)19-11-32-37-9-3-8-31-25(19)37)14-36(34-24)15-23(38)35-12-16-4-2-7-30-20(16)13-35/h3,5-6,8-10,14,16,20,24,27,30,32,34H,2,4,7,11-13,15H2,1H3,(H,33,39). The molecule has 5 aliphatic rings. The molecule has 0 radical (unpaired) electrons. The first kappa shape index (κ1) is 27.7. The van der Waals surface area contributed by atoms with Gasteiger partial charge in [0.25, 0.3) is 5.91 Å². The van der Waals surface area contributed by atoms with Gasteiger partial charge in [-0.15, -0.1) is 11.8 Å². The van der Waals surface area contributed by atoms with Crippen molar-refractivity contribution in [3.63, 3.8) is 0 Å². The predicted molar refractivity (Wildman–Crippen MR) is 149 cm³/mol. The second-order valence-corrected chi connectivity index (χ2v) is 11.3. The van der Waals surface area contributed by atoms with Crippen LogP contribution >= 0.6 is 11.8 Å². The lowest BCUT2D eigenvalue weighted by molar-refractivity contribution is -0.131. The number of nitrogens with one attached hydrogen (secondary N) is 4. The second-order valence-electron chi connectivity index (χ2n) is 10.4. The van der Waals surface area contributed by atoms with Crippen LogP contribution in [0.25, 0.3) is 0 Å². The van der Waals surface area contributed by atoms with Crippen molar-refractivity contribution in [3.05, 3.63) is 59.3 Å². The minimum absolute atomic E-state index is 0.0148. The number of carbonyl (C=O) groups is 2. The number of thioether (sulfide) groups is 1. The summed E-state index contributed by atoms with van der Waals surface area (Å²) in [7, 11) is 0. The third kappa shape index (κ3) is 5.82. The number of alkyl halides is 2. The van der Waals surface area contributed by atoms with Gasteiger partial charge >= 0.3 is 6.61 Å². The molecular weight excluding hydrogens is 554 g/mol. The molecule has 6 rings (SSSR count). The molecular formula is C27H32F2N8O3S. The first-order valence-electron chi connectivity index (χ1n) is 13.6. The highest BCUT2D eigenvalue weighted by molar-refractivity contribution is 7.98. The summed E-state index contributed by atoms with van der Waals surface area (Å²) >= 11 is 1.45. The average Bonchev–Trinajstić information content (AvgIpc) is 3.69. The van der Waals surface area contributed by atoms with Gasteiger partial charge in [-0.3, -0.25) is 14.6 Å². The van der Waals surface area contributed by atoms with Crippen LogP contribution in [0.2, 0.25) is 0 Å². The van der Waals surface area contributed by atoms with Crippen LogP contribution in [0.15, 0.2) is 63.7 Å². The Labute approximate surface area is 240 Å². The molecule has 0 bridgehead atoms. The summed E-state index contributed by atoms with van der Waals surface area (Å²) in [4.78, 5) is 33.8. The molecule has 1 aromatic rings. The van der Waals surface area contributed by atoms with Crippen molar-refractivity contribution in [2.45, 2.75) is 36.4 Å². The number of amides is 2. The van der Waals surface area contributed by atoms with E-state index in [2.05, 4.69) is 26.5 Å². The Bertz CT molecular complexity index is 1320. The number of nitrogens with zero attached hydrogens (tertiary/aromatic N) is 4. The molecule has 0 aliphatic carbocycles. The number of fused-ring (bicyclic) bond motifs is 2. The van der Waals surface area contributed by atoms with Crippen LogP contribution < -0.4 is 26.2 Å². The van der Waals surface area contributed by atoms with Gasteiger partial charge in [0, 0.05) is 54.7 Å². The Morgan fingerprint density at radius 3 is 2.98 bits per heavy atom. The molecule has 5 heterocycles. The van der Waals surface area contributed by atoms with E-state index >= 15 is 0 Å². The van der Waals surface area contributed by atoms with Crippen LogP contribution in [-0.4, -0.2) is 84.6 Å². The number of likely N-dealkylation sites (tertiary alicyclic amines) is 1. The van der Waals surface area contributed by atoms with Crippen molar-refractivity contribution in [2.24, 2.45) is 10.9 Å². The summed E-state index contributed by atoms with van der Waals surface area (Å²) in [6, 6.07) is 4.51. The number of carbonyl (C=O) groups excluding carboxylic acids is 2. The number of rotatable bonds is 8. The number of benzene rings is 1. The molecule has 0 spiro atoms.